The summed E-state index contributed by atoms with van der Waals surface area (Å²) in [4.78, 5) is 9.06. The third kappa shape index (κ3) is 2.70. The SMILES string of the molecule is C(=C\c1ccc(-c2cn3ccccc3n2)cc1)/C1=NCCS1. The molecule has 0 N–H and O–H groups in total. The van der Waals surface area contributed by atoms with Crippen LogP contribution in [-0.4, -0.2) is 26.7 Å². The van der Waals surface area contributed by atoms with E-state index in [0.29, 0.717) is 0 Å². The summed E-state index contributed by atoms with van der Waals surface area (Å²) in [5, 5.41) is 1.13. The molecule has 108 valence electrons. The van der Waals surface area contributed by atoms with Gasteiger partial charge in [-0.25, -0.2) is 4.98 Å². The molecule has 0 spiro atoms. The second-order valence-corrected chi connectivity index (χ2v) is 6.23. The molecule has 1 aliphatic rings. The molecule has 0 saturated heterocycles. The van der Waals surface area contributed by atoms with E-state index in [1.54, 1.807) is 0 Å². The molecule has 0 atom stereocenters. The Morgan fingerprint density at radius 2 is 1.95 bits per heavy atom. The lowest BCUT2D eigenvalue weighted by Gasteiger charge is -1.98. The van der Waals surface area contributed by atoms with Crippen LogP contribution in [0, 0.1) is 0 Å². The molecule has 0 radical (unpaired) electrons. The Labute approximate surface area is 133 Å². The van der Waals surface area contributed by atoms with Crippen molar-refractivity contribution < 1.29 is 0 Å². The number of hydrogen-bond acceptors (Lipinski definition) is 3. The number of nitrogens with zero attached hydrogens (tertiary/aromatic N) is 3. The highest BCUT2D eigenvalue weighted by Gasteiger charge is 2.04. The quantitative estimate of drug-likeness (QED) is 0.727. The van der Waals surface area contributed by atoms with Crippen LogP contribution in [0.25, 0.3) is 23.0 Å². The van der Waals surface area contributed by atoms with E-state index in [9.17, 15) is 0 Å². The van der Waals surface area contributed by atoms with Gasteiger partial charge in [-0.1, -0.05) is 36.4 Å². The molecule has 22 heavy (non-hydrogen) atoms. The van der Waals surface area contributed by atoms with Gasteiger partial charge in [0.15, 0.2) is 0 Å². The lowest BCUT2D eigenvalue weighted by Crippen LogP contribution is -1.81. The molecule has 3 heterocycles. The monoisotopic (exact) mass is 305 g/mol. The Morgan fingerprint density at radius 3 is 2.73 bits per heavy atom. The van der Waals surface area contributed by atoms with Crippen LogP contribution in [0.3, 0.4) is 0 Å². The number of hydrogen-bond donors (Lipinski definition) is 0. The maximum Gasteiger partial charge on any atom is 0.137 e. The second-order valence-electron chi connectivity index (χ2n) is 5.12. The summed E-state index contributed by atoms with van der Waals surface area (Å²) in [5.74, 6) is 1.10. The standard InChI is InChI=1S/C18H15N3S/c1-2-11-21-13-16(20-17(21)3-1)15-7-4-14(5-8-15)6-9-18-19-10-12-22-18/h1-9,11,13H,10,12H2/b9-6+. The Kier molecular flexibility index (Phi) is 3.52. The highest BCUT2D eigenvalue weighted by Crippen LogP contribution is 2.20. The van der Waals surface area contributed by atoms with Crippen molar-refractivity contribution >= 4 is 28.5 Å². The average Bonchev–Trinajstić information content (AvgIpc) is 3.22. The van der Waals surface area contributed by atoms with Gasteiger partial charge in [-0.15, -0.1) is 11.8 Å². The fourth-order valence-electron chi connectivity index (χ4n) is 2.46. The molecule has 0 saturated carbocycles. The fourth-order valence-corrected chi connectivity index (χ4v) is 3.20. The molecule has 0 aliphatic carbocycles. The smallest absolute Gasteiger partial charge is 0.137 e. The summed E-state index contributed by atoms with van der Waals surface area (Å²) < 4.78 is 2.04. The van der Waals surface area contributed by atoms with Gasteiger partial charge in [-0.2, -0.15) is 0 Å². The van der Waals surface area contributed by atoms with Crippen molar-refractivity contribution in [1.29, 1.82) is 0 Å². The van der Waals surface area contributed by atoms with Gasteiger partial charge in [-0.3, -0.25) is 4.99 Å². The van der Waals surface area contributed by atoms with E-state index in [4.69, 9.17) is 0 Å². The number of fused-ring (bicyclic) bond motifs is 1. The van der Waals surface area contributed by atoms with Gasteiger partial charge in [0.25, 0.3) is 0 Å². The van der Waals surface area contributed by atoms with Gasteiger partial charge in [0.2, 0.25) is 0 Å². The lowest BCUT2D eigenvalue weighted by atomic mass is 10.1. The normalized spacial score (nSPS) is 14.8. The molecule has 0 amide bonds. The molecule has 4 heteroatoms. The molecule has 0 fully saturated rings. The van der Waals surface area contributed by atoms with Gasteiger partial charge in [0, 0.05) is 30.3 Å². The zero-order valence-electron chi connectivity index (χ0n) is 12.0. The first kappa shape index (κ1) is 13.3. The van der Waals surface area contributed by atoms with E-state index in [1.807, 2.05) is 40.6 Å². The van der Waals surface area contributed by atoms with Crippen LogP contribution in [-0.2, 0) is 0 Å². The molecular weight excluding hydrogens is 290 g/mol. The molecular formula is C18H15N3S. The van der Waals surface area contributed by atoms with Crippen LogP contribution in [0.15, 0.2) is 65.9 Å². The third-order valence-electron chi connectivity index (χ3n) is 3.60. The molecule has 4 rings (SSSR count). The minimum Gasteiger partial charge on any atom is -0.306 e. The second kappa shape index (κ2) is 5.81. The Morgan fingerprint density at radius 1 is 1.05 bits per heavy atom. The minimum atomic E-state index is 0.942. The molecule has 3 aromatic rings. The summed E-state index contributed by atoms with van der Waals surface area (Å²) in [7, 11) is 0. The van der Waals surface area contributed by atoms with Crippen LogP contribution in [0.4, 0.5) is 0 Å². The van der Waals surface area contributed by atoms with Crippen LogP contribution >= 0.6 is 11.8 Å². The maximum absolute atomic E-state index is 4.64. The van der Waals surface area contributed by atoms with Gasteiger partial charge in [0.1, 0.15) is 5.65 Å². The van der Waals surface area contributed by atoms with E-state index in [-0.39, 0.29) is 0 Å². The number of aliphatic imine (C=N–C) groups is 1. The predicted octanol–water partition coefficient (Wildman–Crippen LogP) is 4.16. The van der Waals surface area contributed by atoms with E-state index < -0.39 is 0 Å². The van der Waals surface area contributed by atoms with Crippen LogP contribution in [0.5, 0.6) is 0 Å². The molecule has 1 aromatic carbocycles. The van der Waals surface area contributed by atoms with Crippen molar-refractivity contribution in [3.8, 4) is 11.3 Å². The zero-order chi connectivity index (χ0) is 14.8. The zero-order valence-corrected chi connectivity index (χ0v) is 12.8. The Balaban J connectivity index is 1.58. The van der Waals surface area contributed by atoms with E-state index in [1.165, 1.54) is 5.56 Å². The predicted molar refractivity (Wildman–Crippen MR) is 94.4 cm³/mol. The molecule has 0 bridgehead atoms. The topological polar surface area (TPSA) is 29.7 Å². The average molecular weight is 305 g/mol. The summed E-state index contributed by atoms with van der Waals surface area (Å²) in [6.45, 7) is 0.942. The number of imidazole rings is 1. The first-order chi connectivity index (χ1) is 10.9. The lowest BCUT2D eigenvalue weighted by molar-refractivity contribution is 1.18. The fraction of sp³-hybridized carbons (Fsp3) is 0.111. The molecule has 1 aliphatic heterocycles. The minimum absolute atomic E-state index is 0.942. The van der Waals surface area contributed by atoms with Crippen molar-refractivity contribution in [2.24, 2.45) is 4.99 Å². The summed E-state index contributed by atoms with van der Waals surface area (Å²) in [6.07, 6.45) is 8.29. The highest BCUT2D eigenvalue weighted by molar-refractivity contribution is 8.14. The number of pyridine rings is 1. The Bertz CT molecular complexity index is 826. The largest absolute Gasteiger partial charge is 0.306 e. The summed E-state index contributed by atoms with van der Waals surface area (Å²) >= 11 is 1.81. The number of aromatic nitrogens is 2. The summed E-state index contributed by atoms with van der Waals surface area (Å²) in [5.41, 5.74) is 4.28. The van der Waals surface area contributed by atoms with Crippen molar-refractivity contribution in [2.75, 3.05) is 12.3 Å². The van der Waals surface area contributed by atoms with Crippen molar-refractivity contribution in [3.63, 3.8) is 0 Å². The molecule has 3 nitrogen and oxygen atoms in total. The van der Waals surface area contributed by atoms with Crippen LogP contribution in [0.1, 0.15) is 5.56 Å². The number of rotatable bonds is 3. The number of thioether (sulfide) groups is 1. The Hall–Kier alpha value is -2.33. The number of benzene rings is 1. The first-order valence-corrected chi connectivity index (χ1v) is 8.26. The van der Waals surface area contributed by atoms with Crippen molar-refractivity contribution in [2.45, 2.75) is 0 Å². The van der Waals surface area contributed by atoms with E-state index >= 15 is 0 Å². The first-order valence-electron chi connectivity index (χ1n) is 7.28. The molecule has 0 unspecified atom stereocenters. The van der Waals surface area contributed by atoms with E-state index in [2.05, 4.69) is 52.6 Å². The van der Waals surface area contributed by atoms with Crippen LogP contribution in [0.2, 0.25) is 0 Å². The summed E-state index contributed by atoms with van der Waals surface area (Å²) in [6, 6.07) is 14.5. The molecule has 2 aromatic heterocycles. The van der Waals surface area contributed by atoms with Crippen molar-refractivity contribution in [1.82, 2.24) is 9.38 Å². The van der Waals surface area contributed by atoms with Crippen LogP contribution < -0.4 is 0 Å². The highest BCUT2D eigenvalue weighted by atomic mass is 32.2. The van der Waals surface area contributed by atoms with Gasteiger partial charge < -0.3 is 4.40 Å². The van der Waals surface area contributed by atoms with Gasteiger partial charge in [-0.05, 0) is 23.8 Å². The maximum atomic E-state index is 4.64. The van der Waals surface area contributed by atoms with E-state index in [0.717, 1.165) is 34.2 Å². The van der Waals surface area contributed by atoms with Gasteiger partial charge >= 0.3 is 0 Å². The van der Waals surface area contributed by atoms with Gasteiger partial charge in [0.05, 0.1) is 10.7 Å². The van der Waals surface area contributed by atoms with Crippen molar-refractivity contribution in [3.05, 3.63) is 66.5 Å². The third-order valence-corrected chi connectivity index (χ3v) is 4.55.